The van der Waals surface area contributed by atoms with E-state index in [1.807, 2.05) is 12.1 Å². The Morgan fingerprint density at radius 2 is 2.12 bits per heavy atom. The van der Waals surface area contributed by atoms with E-state index in [0.29, 0.717) is 5.92 Å². The number of pyridine rings is 1. The highest BCUT2D eigenvalue weighted by atomic mass is 79.9. The molecule has 3 nitrogen and oxygen atoms in total. The van der Waals surface area contributed by atoms with Crippen molar-refractivity contribution in [3.8, 4) is 0 Å². The van der Waals surface area contributed by atoms with Gasteiger partial charge in [-0.2, -0.15) is 0 Å². The van der Waals surface area contributed by atoms with E-state index in [9.17, 15) is 0 Å². The molecule has 16 heavy (non-hydrogen) atoms. The smallest absolute Gasteiger partial charge is 0.106 e. The molecule has 1 aromatic heterocycles. The molecule has 0 amide bonds. The lowest BCUT2D eigenvalue weighted by Gasteiger charge is -2.27. The Morgan fingerprint density at radius 1 is 1.44 bits per heavy atom. The van der Waals surface area contributed by atoms with Gasteiger partial charge in [0, 0.05) is 25.5 Å². The fourth-order valence-corrected chi connectivity index (χ4v) is 2.35. The summed E-state index contributed by atoms with van der Waals surface area (Å²) in [7, 11) is 0. The van der Waals surface area contributed by atoms with Crippen LogP contribution in [0.25, 0.3) is 0 Å². The zero-order chi connectivity index (χ0) is 10.7. The maximum Gasteiger partial charge on any atom is 0.106 e. The van der Waals surface area contributed by atoms with E-state index < -0.39 is 0 Å². The molecule has 1 atom stereocenters. The molecule has 0 aliphatic carbocycles. The van der Waals surface area contributed by atoms with E-state index >= 15 is 0 Å². The molecule has 1 saturated heterocycles. The molecule has 0 aromatic carbocycles. The van der Waals surface area contributed by atoms with Crippen molar-refractivity contribution in [2.24, 2.45) is 11.7 Å². The van der Waals surface area contributed by atoms with E-state index in [1.54, 1.807) is 6.20 Å². The minimum atomic E-state index is 0. The zero-order valence-electron chi connectivity index (χ0n) is 8.93. The highest BCUT2D eigenvalue weighted by Crippen LogP contribution is 2.28. The average Bonchev–Trinajstić information content (AvgIpc) is 2.29. The van der Waals surface area contributed by atoms with Gasteiger partial charge >= 0.3 is 0 Å². The lowest BCUT2D eigenvalue weighted by Crippen LogP contribution is -2.27. The number of hydrogen-bond acceptors (Lipinski definition) is 3. The van der Waals surface area contributed by atoms with E-state index in [-0.39, 0.29) is 18.4 Å². The van der Waals surface area contributed by atoms with Crippen LogP contribution >= 0.6 is 28.3 Å². The first-order valence-corrected chi connectivity index (χ1v) is 6.01. The highest BCUT2D eigenvalue weighted by molar-refractivity contribution is 9.10. The summed E-state index contributed by atoms with van der Waals surface area (Å²) >= 11 is 3.36. The Hall–Kier alpha value is -0.160. The van der Waals surface area contributed by atoms with Gasteiger partial charge in [0.05, 0.1) is 0 Å². The molecule has 2 N–H and O–H groups in total. The molecule has 0 bridgehead atoms. The van der Waals surface area contributed by atoms with Crippen LogP contribution in [0.1, 0.15) is 24.4 Å². The summed E-state index contributed by atoms with van der Waals surface area (Å²) < 4.78 is 6.18. The summed E-state index contributed by atoms with van der Waals surface area (Å²) in [6, 6.07) is 4.10. The van der Waals surface area contributed by atoms with Crippen molar-refractivity contribution in [1.82, 2.24) is 4.98 Å². The van der Waals surface area contributed by atoms with Crippen LogP contribution in [0.15, 0.2) is 22.9 Å². The minimum Gasteiger partial charge on any atom is -0.381 e. The van der Waals surface area contributed by atoms with Crippen LogP contribution in [0.3, 0.4) is 0 Å². The third-order valence-electron chi connectivity index (χ3n) is 2.91. The number of halogens is 2. The second-order valence-electron chi connectivity index (χ2n) is 3.89. The number of nitrogens with zero attached hydrogens (tertiary/aromatic N) is 1. The second kappa shape index (κ2) is 6.55. The molecule has 1 aliphatic heterocycles. The van der Waals surface area contributed by atoms with Crippen molar-refractivity contribution in [3.05, 3.63) is 28.5 Å². The van der Waals surface area contributed by atoms with Crippen LogP contribution < -0.4 is 5.73 Å². The molecule has 1 aromatic rings. The summed E-state index contributed by atoms with van der Waals surface area (Å²) in [6.45, 7) is 1.68. The SMILES string of the molecule is Cl.N[C@@H](c1ccnc(Br)c1)C1CCOCC1. The van der Waals surface area contributed by atoms with Crippen LogP contribution in [-0.4, -0.2) is 18.2 Å². The molecule has 0 radical (unpaired) electrons. The van der Waals surface area contributed by atoms with Gasteiger partial charge in [-0.1, -0.05) is 0 Å². The first-order chi connectivity index (χ1) is 7.27. The third-order valence-corrected chi connectivity index (χ3v) is 3.34. The maximum absolute atomic E-state index is 6.23. The topological polar surface area (TPSA) is 48.1 Å². The summed E-state index contributed by atoms with van der Waals surface area (Å²) in [6.07, 6.45) is 3.90. The monoisotopic (exact) mass is 306 g/mol. The Balaban J connectivity index is 0.00000128. The second-order valence-corrected chi connectivity index (χ2v) is 4.70. The first-order valence-electron chi connectivity index (χ1n) is 5.22. The maximum atomic E-state index is 6.23. The predicted molar refractivity (Wildman–Crippen MR) is 69.7 cm³/mol. The Labute approximate surface area is 110 Å². The van der Waals surface area contributed by atoms with Crippen molar-refractivity contribution >= 4 is 28.3 Å². The highest BCUT2D eigenvalue weighted by Gasteiger charge is 2.22. The molecule has 0 saturated carbocycles. The molecule has 0 unspecified atom stereocenters. The molecular formula is C11H16BrClN2O. The summed E-state index contributed by atoms with van der Waals surface area (Å²) in [5.74, 6) is 0.535. The Bertz CT molecular complexity index is 332. The van der Waals surface area contributed by atoms with Crippen LogP contribution in [-0.2, 0) is 4.74 Å². The molecule has 0 spiro atoms. The van der Waals surface area contributed by atoms with E-state index in [4.69, 9.17) is 10.5 Å². The first kappa shape index (κ1) is 13.9. The molecule has 1 aliphatic rings. The molecule has 90 valence electrons. The number of nitrogens with two attached hydrogens (primary N) is 1. The lowest BCUT2D eigenvalue weighted by atomic mass is 9.88. The van der Waals surface area contributed by atoms with Gasteiger partial charge in [0.1, 0.15) is 4.60 Å². The van der Waals surface area contributed by atoms with Crippen molar-refractivity contribution in [3.63, 3.8) is 0 Å². The van der Waals surface area contributed by atoms with E-state index in [1.165, 1.54) is 0 Å². The van der Waals surface area contributed by atoms with E-state index in [0.717, 1.165) is 36.2 Å². The van der Waals surface area contributed by atoms with Gasteiger partial charge in [0.15, 0.2) is 0 Å². The van der Waals surface area contributed by atoms with Gasteiger partial charge < -0.3 is 10.5 Å². The van der Waals surface area contributed by atoms with Crippen molar-refractivity contribution < 1.29 is 4.74 Å². The zero-order valence-corrected chi connectivity index (χ0v) is 11.3. The van der Waals surface area contributed by atoms with Gasteiger partial charge in [0.25, 0.3) is 0 Å². The van der Waals surface area contributed by atoms with Crippen molar-refractivity contribution in [1.29, 1.82) is 0 Å². The molecule has 1 fully saturated rings. The molecule has 2 rings (SSSR count). The van der Waals surface area contributed by atoms with Gasteiger partial charge in [0.2, 0.25) is 0 Å². The van der Waals surface area contributed by atoms with Gasteiger partial charge in [-0.05, 0) is 52.4 Å². The summed E-state index contributed by atoms with van der Waals surface area (Å²) in [5.41, 5.74) is 7.39. The van der Waals surface area contributed by atoms with Crippen LogP contribution in [0.2, 0.25) is 0 Å². The van der Waals surface area contributed by atoms with Gasteiger partial charge in [-0.3, -0.25) is 0 Å². The van der Waals surface area contributed by atoms with Gasteiger partial charge in [-0.25, -0.2) is 4.98 Å². The normalized spacial score (nSPS) is 18.9. The Morgan fingerprint density at radius 3 is 2.75 bits per heavy atom. The summed E-state index contributed by atoms with van der Waals surface area (Å²) in [5, 5.41) is 0. The predicted octanol–water partition coefficient (Wildman–Crippen LogP) is 2.69. The van der Waals surface area contributed by atoms with Crippen LogP contribution in [0, 0.1) is 5.92 Å². The standard InChI is InChI=1S/C11H15BrN2O.ClH/c12-10-7-9(1-4-14-10)11(13)8-2-5-15-6-3-8;/h1,4,7-8,11H,2-3,5-6,13H2;1H/t11-;/m1./s1. The van der Waals surface area contributed by atoms with E-state index in [2.05, 4.69) is 20.9 Å². The number of ether oxygens (including phenoxy) is 1. The van der Waals surface area contributed by atoms with Crippen molar-refractivity contribution in [2.75, 3.05) is 13.2 Å². The summed E-state index contributed by atoms with van der Waals surface area (Å²) in [4.78, 5) is 4.10. The minimum absolute atomic E-state index is 0. The fraction of sp³-hybridized carbons (Fsp3) is 0.545. The molecule has 2 heterocycles. The fourth-order valence-electron chi connectivity index (χ4n) is 1.97. The number of aromatic nitrogens is 1. The Kier molecular flexibility index (Phi) is 5.69. The average molecular weight is 308 g/mol. The largest absolute Gasteiger partial charge is 0.381 e. The molecule has 5 heteroatoms. The lowest BCUT2D eigenvalue weighted by molar-refractivity contribution is 0.0583. The van der Waals surface area contributed by atoms with Crippen molar-refractivity contribution in [2.45, 2.75) is 18.9 Å². The van der Waals surface area contributed by atoms with Crippen LogP contribution in [0.4, 0.5) is 0 Å². The quantitative estimate of drug-likeness (QED) is 0.855. The number of rotatable bonds is 2. The molecular weight excluding hydrogens is 291 g/mol. The third kappa shape index (κ3) is 3.42. The van der Waals surface area contributed by atoms with Crippen LogP contribution in [0.5, 0.6) is 0 Å². The number of hydrogen-bond donors (Lipinski definition) is 1. The van der Waals surface area contributed by atoms with Gasteiger partial charge in [-0.15, -0.1) is 12.4 Å².